The SMILES string of the molecule is CCCCCCCCCCCCCCCCCCN(C)C(=O)OCC(C)(COC(=O)NCCN1C=CSC1)OC.I. The molecule has 0 spiro atoms. The number of rotatable bonds is 25. The van der Waals surface area contributed by atoms with Crippen LogP contribution in [0.15, 0.2) is 11.6 Å². The van der Waals surface area contributed by atoms with Crippen molar-refractivity contribution in [2.45, 2.75) is 122 Å². The van der Waals surface area contributed by atoms with Gasteiger partial charge in [0.15, 0.2) is 0 Å². The molecular weight excluding hydrogens is 653 g/mol. The number of carbonyl (C=O) groups excluding carboxylic acids is 2. The molecule has 2 amide bonds. The number of alkyl carbamates (subject to hydrolysis) is 1. The maximum atomic E-state index is 12.4. The molecule has 41 heavy (non-hydrogen) atoms. The third-order valence-electron chi connectivity index (χ3n) is 7.44. The van der Waals surface area contributed by atoms with E-state index in [1.165, 1.54) is 97.0 Å². The average molecular weight is 714 g/mol. The lowest BCUT2D eigenvalue weighted by Crippen LogP contribution is -2.43. The van der Waals surface area contributed by atoms with Crippen LogP contribution in [0.1, 0.15) is 117 Å². The fourth-order valence-electron chi connectivity index (χ4n) is 4.49. The van der Waals surface area contributed by atoms with E-state index < -0.39 is 11.7 Å². The van der Waals surface area contributed by atoms with Crippen LogP contribution in [0, 0.1) is 0 Å². The number of hydrogen-bond donors (Lipinski definition) is 1. The molecule has 1 heterocycles. The number of hydrogen-bond acceptors (Lipinski definition) is 7. The predicted molar refractivity (Wildman–Crippen MR) is 182 cm³/mol. The molecule has 0 aromatic heterocycles. The predicted octanol–water partition coefficient (Wildman–Crippen LogP) is 8.54. The summed E-state index contributed by atoms with van der Waals surface area (Å²) in [5.74, 6) is 0.901. The van der Waals surface area contributed by atoms with E-state index in [-0.39, 0.29) is 43.3 Å². The summed E-state index contributed by atoms with van der Waals surface area (Å²) < 4.78 is 16.2. The molecule has 0 aliphatic carbocycles. The lowest BCUT2D eigenvalue weighted by molar-refractivity contribution is -0.0798. The zero-order valence-corrected chi connectivity index (χ0v) is 29.6. The van der Waals surface area contributed by atoms with Crippen LogP contribution >= 0.6 is 35.7 Å². The van der Waals surface area contributed by atoms with Crippen LogP contribution in [0.25, 0.3) is 0 Å². The van der Waals surface area contributed by atoms with Gasteiger partial charge in [-0.1, -0.05) is 103 Å². The first kappa shape index (κ1) is 40.1. The highest BCUT2D eigenvalue weighted by Crippen LogP contribution is 2.15. The van der Waals surface area contributed by atoms with Gasteiger partial charge in [-0.25, -0.2) is 9.59 Å². The highest BCUT2D eigenvalue weighted by molar-refractivity contribution is 14.0. The molecule has 1 aliphatic rings. The Morgan fingerprint density at radius 1 is 0.878 bits per heavy atom. The van der Waals surface area contributed by atoms with Crippen molar-refractivity contribution in [3.8, 4) is 0 Å². The fourth-order valence-corrected chi connectivity index (χ4v) is 5.24. The summed E-state index contributed by atoms with van der Waals surface area (Å²) in [6.07, 6.45) is 22.4. The molecule has 0 fully saturated rings. The van der Waals surface area contributed by atoms with Gasteiger partial charge in [-0.3, -0.25) is 0 Å². The summed E-state index contributed by atoms with van der Waals surface area (Å²) in [7, 11) is 3.28. The van der Waals surface area contributed by atoms with Crippen LogP contribution in [0.4, 0.5) is 9.59 Å². The number of halogens is 1. The fraction of sp³-hybridized carbons (Fsp3) is 0.871. The first-order valence-electron chi connectivity index (χ1n) is 15.8. The van der Waals surface area contributed by atoms with E-state index in [0.29, 0.717) is 13.1 Å². The second-order valence-electron chi connectivity index (χ2n) is 11.3. The summed E-state index contributed by atoms with van der Waals surface area (Å²) in [6, 6.07) is 0. The van der Waals surface area contributed by atoms with Gasteiger partial charge in [-0.15, -0.1) is 35.7 Å². The monoisotopic (exact) mass is 713 g/mol. The quantitative estimate of drug-likeness (QED) is 0.0751. The molecule has 0 aromatic rings. The molecule has 8 nitrogen and oxygen atoms in total. The topological polar surface area (TPSA) is 80.3 Å². The Balaban J connectivity index is 0.0000160. The molecule has 1 atom stereocenters. The van der Waals surface area contributed by atoms with Crippen LogP contribution in [0.2, 0.25) is 0 Å². The summed E-state index contributed by atoms with van der Waals surface area (Å²) in [6.45, 7) is 5.92. The van der Waals surface area contributed by atoms with E-state index in [4.69, 9.17) is 14.2 Å². The van der Waals surface area contributed by atoms with E-state index in [0.717, 1.165) is 25.3 Å². The summed E-state index contributed by atoms with van der Waals surface area (Å²) >= 11 is 1.72. The molecule has 0 radical (unpaired) electrons. The van der Waals surface area contributed by atoms with Crippen molar-refractivity contribution >= 4 is 47.9 Å². The number of nitrogens with zero attached hydrogens (tertiary/aromatic N) is 2. The van der Waals surface area contributed by atoms with Gasteiger partial charge < -0.3 is 29.3 Å². The zero-order chi connectivity index (χ0) is 29.3. The Labute approximate surface area is 272 Å². The summed E-state index contributed by atoms with van der Waals surface area (Å²) in [5.41, 5.74) is -0.906. The van der Waals surface area contributed by atoms with Crippen molar-refractivity contribution in [1.82, 2.24) is 15.1 Å². The standard InChI is InChI=1S/C31H59N3O5S.HI/c1-5-6-7-8-9-10-11-12-13-14-15-16-17-18-19-20-22-33(3)30(36)39-27-31(2,37-4)26-38-29(35)32-21-23-34-24-25-40-28-34;/h24-25H,5-23,26-28H2,1-4H3,(H,32,35);1H. The number of amides is 2. The summed E-state index contributed by atoms with van der Waals surface area (Å²) in [5, 5.41) is 4.76. The molecule has 0 bridgehead atoms. The van der Waals surface area contributed by atoms with E-state index in [1.807, 2.05) is 11.6 Å². The highest BCUT2D eigenvalue weighted by atomic mass is 127. The van der Waals surface area contributed by atoms with Crippen molar-refractivity contribution in [2.24, 2.45) is 0 Å². The Bertz CT molecular complexity index is 688. The lowest BCUT2D eigenvalue weighted by atomic mass is 10.0. The van der Waals surface area contributed by atoms with Gasteiger partial charge in [0.25, 0.3) is 0 Å². The first-order chi connectivity index (χ1) is 19.4. The van der Waals surface area contributed by atoms with Crippen LogP contribution < -0.4 is 5.32 Å². The van der Waals surface area contributed by atoms with Crippen LogP contribution in [-0.4, -0.2) is 80.5 Å². The van der Waals surface area contributed by atoms with Gasteiger partial charge in [0.1, 0.15) is 18.8 Å². The van der Waals surface area contributed by atoms with Crippen LogP contribution in [-0.2, 0) is 14.2 Å². The zero-order valence-electron chi connectivity index (χ0n) is 26.5. The normalized spacial score (nSPS) is 13.9. The Morgan fingerprint density at radius 2 is 1.39 bits per heavy atom. The van der Waals surface area contributed by atoms with Gasteiger partial charge in [-0.05, 0) is 18.8 Å². The molecule has 0 saturated carbocycles. The highest BCUT2D eigenvalue weighted by Gasteiger charge is 2.29. The number of unbranched alkanes of at least 4 members (excludes halogenated alkanes) is 15. The van der Waals surface area contributed by atoms with E-state index >= 15 is 0 Å². The molecular formula is C31H60IN3O5S. The average Bonchev–Trinajstić information content (AvgIpc) is 3.48. The largest absolute Gasteiger partial charge is 0.446 e. The second-order valence-corrected chi connectivity index (χ2v) is 12.2. The van der Waals surface area contributed by atoms with E-state index in [2.05, 4.69) is 17.1 Å². The van der Waals surface area contributed by atoms with Gasteiger partial charge in [-0.2, -0.15) is 0 Å². The minimum absolute atomic E-state index is 0. The molecule has 1 rings (SSSR count). The van der Waals surface area contributed by atoms with Crippen LogP contribution in [0.5, 0.6) is 0 Å². The molecule has 242 valence electrons. The third-order valence-corrected chi connectivity index (χ3v) is 8.23. The number of carbonyl (C=O) groups is 2. The van der Waals surface area contributed by atoms with Crippen molar-refractivity contribution in [3.63, 3.8) is 0 Å². The van der Waals surface area contributed by atoms with Gasteiger partial charge >= 0.3 is 12.2 Å². The summed E-state index contributed by atoms with van der Waals surface area (Å²) in [4.78, 5) is 28.1. The number of nitrogens with one attached hydrogen (secondary N) is 1. The maximum Gasteiger partial charge on any atom is 0.409 e. The smallest absolute Gasteiger partial charge is 0.409 e. The Morgan fingerprint density at radius 3 is 1.88 bits per heavy atom. The van der Waals surface area contributed by atoms with Gasteiger partial charge in [0.05, 0.1) is 5.88 Å². The Kier molecular flexibility index (Phi) is 26.2. The van der Waals surface area contributed by atoms with E-state index in [9.17, 15) is 9.59 Å². The minimum atomic E-state index is -0.906. The van der Waals surface area contributed by atoms with Gasteiger partial charge in [0, 0.05) is 40.0 Å². The maximum absolute atomic E-state index is 12.4. The second kappa shape index (κ2) is 26.7. The molecule has 1 aliphatic heterocycles. The minimum Gasteiger partial charge on any atom is -0.446 e. The first-order valence-corrected chi connectivity index (χ1v) is 16.8. The Hall–Kier alpha value is -0.880. The molecule has 0 saturated heterocycles. The van der Waals surface area contributed by atoms with Crippen molar-refractivity contribution in [3.05, 3.63) is 11.6 Å². The molecule has 1 N–H and O–H groups in total. The van der Waals surface area contributed by atoms with Crippen molar-refractivity contribution in [1.29, 1.82) is 0 Å². The van der Waals surface area contributed by atoms with Gasteiger partial charge in [0.2, 0.25) is 0 Å². The molecule has 1 unspecified atom stereocenters. The van der Waals surface area contributed by atoms with E-state index in [1.54, 1.807) is 30.6 Å². The van der Waals surface area contributed by atoms with Crippen molar-refractivity contribution < 1.29 is 23.8 Å². The van der Waals surface area contributed by atoms with Crippen molar-refractivity contribution in [2.75, 3.05) is 52.9 Å². The molecule has 10 heteroatoms. The number of thioether (sulfide) groups is 1. The number of methoxy groups -OCH3 is 1. The number of ether oxygens (including phenoxy) is 3. The van der Waals surface area contributed by atoms with Crippen LogP contribution in [0.3, 0.4) is 0 Å². The third kappa shape index (κ3) is 22.3. The molecule has 0 aromatic carbocycles. The lowest BCUT2D eigenvalue weighted by Gasteiger charge is -2.28.